The van der Waals surface area contributed by atoms with E-state index in [0.717, 1.165) is 0 Å². The van der Waals surface area contributed by atoms with Gasteiger partial charge in [0.15, 0.2) is 0 Å². The summed E-state index contributed by atoms with van der Waals surface area (Å²) >= 11 is 3.28. The molecular weight excluding hydrogens is 326 g/mol. The number of aromatic carboxylic acids is 1. The van der Waals surface area contributed by atoms with Gasteiger partial charge in [0, 0.05) is 10.7 Å². The zero-order valence-corrected chi connectivity index (χ0v) is 11.7. The quantitative estimate of drug-likeness (QED) is 0.795. The van der Waals surface area contributed by atoms with Crippen LogP contribution in [-0.2, 0) is 0 Å². The topological polar surface area (TPSA) is 105 Å². The third-order valence-electron chi connectivity index (χ3n) is 2.53. The van der Waals surface area contributed by atoms with Crippen molar-refractivity contribution in [2.75, 3.05) is 5.32 Å². The van der Waals surface area contributed by atoms with Crippen LogP contribution in [0.1, 0.15) is 20.7 Å². The van der Waals surface area contributed by atoms with E-state index in [1.165, 1.54) is 18.3 Å². The molecule has 0 atom stereocenters. The van der Waals surface area contributed by atoms with E-state index < -0.39 is 11.9 Å². The maximum absolute atomic E-state index is 10.9. The highest BCUT2D eigenvalue weighted by Gasteiger charge is 2.07. The number of hydrogen-bond acceptors (Lipinski definition) is 4. The number of pyridine rings is 1. The van der Waals surface area contributed by atoms with Crippen LogP contribution in [-0.4, -0.2) is 22.0 Å². The van der Waals surface area contributed by atoms with Crippen LogP contribution in [0, 0.1) is 0 Å². The maximum atomic E-state index is 10.9. The Balaban J connectivity index is 2.21. The number of rotatable bonds is 4. The van der Waals surface area contributed by atoms with Crippen LogP contribution in [0.25, 0.3) is 0 Å². The molecule has 0 spiro atoms. The number of nitrogens with zero attached hydrogens (tertiary/aromatic N) is 1. The summed E-state index contributed by atoms with van der Waals surface area (Å²) in [5.41, 5.74) is 6.28. The normalized spacial score (nSPS) is 10.1. The lowest BCUT2D eigenvalue weighted by atomic mass is 10.2. The number of carbonyl (C=O) groups excluding carboxylic acids is 1. The number of benzene rings is 1. The number of carbonyl (C=O) groups is 2. The Morgan fingerprint density at radius 3 is 2.40 bits per heavy atom. The fourth-order valence-corrected chi connectivity index (χ4v) is 1.98. The maximum Gasteiger partial charge on any atom is 0.335 e. The second-order valence-corrected chi connectivity index (χ2v) is 4.78. The number of anilines is 2. The van der Waals surface area contributed by atoms with Crippen molar-refractivity contribution in [3.05, 3.63) is 52.1 Å². The van der Waals surface area contributed by atoms with E-state index in [2.05, 4.69) is 26.2 Å². The summed E-state index contributed by atoms with van der Waals surface area (Å²) in [7, 11) is 0. The molecule has 0 aliphatic rings. The predicted octanol–water partition coefficient (Wildman–Crippen LogP) is 2.38. The monoisotopic (exact) mass is 335 g/mol. The molecule has 0 unspecified atom stereocenters. The fourth-order valence-electron chi connectivity index (χ4n) is 1.50. The van der Waals surface area contributed by atoms with Crippen LogP contribution in [0.3, 0.4) is 0 Å². The van der Waals surface area contributed by atoms with E-state index in [1.54, 1.807) is 18.2 Å². The molecule has 0 fully saturated rings. The molecule has 0 radical (unpaired) electrons. The number of aromatic nitrogens is 1. The minimum atomic E-state index is -0.999. The second kappa shape index (κ2) is 5.70. The molecule has 2 rings (SSSR count). The van der Waals surface area contributed by atoms with Gasteiger partial charge in [-0.05, 0) is 46.3 Å². The lowest BCUT2D eigenvalue weighted by Gasteiger charge is -2.08. The van der Waals surface area contributed by atoms with Crippen molar-refractivity contribution >= 4 is 39.3 Å². The zero-order chi connectivity index (χ0) is 14.7. The van der Waals surface area contributed by atoms with Gasteiger partial charge in [0.2, 0.25) is 5.91 Å². The Morgan fingerprint density at radius 2 is 1.90 bits per heavy atom. The Morgan fingerprint density at radius 1 is 1.20 bits per heavy atom. The minimum absolute atomic E-state index is 0.180. The standard InChI is InChI=1S/C13H10BrN3O3/c14-9-5-7(13(19)20)1-3-10(9)17-11-4-2-8(6-16-11)12(15)18/h1-6H,(H2,15,18)(H,16,17)(H,19,20). The number of primary amides is 1. The number of carboxylic acids is 1. The van der Waals surface area contributed by atoms with Crippen molar-refractivity contribution in [3.8, 4) is 0 Å². The number of carboxylic acid groups (broad SMARTS) is 1. The molecule has 0 aliphatic carbocycles. The van der Waals surface area contributed by atoms with Crippen molar-refractivity contribution in [2.24, 2.45) is 5.73 Å². The largest absolute Gasteiger partial charge is 0.478 e. The van der Waals surface area contributed by atoms with Gasteiger partial charge in [-0.15, -0.1) is 0 Å². The molecule has 1 amide bonds. The minimum Gasteiger partial charge on any atom is -0.478 e. The van der Waals surface area contributed by atoms with Gasteiger partial charge in [-0.1, -0.05) is 0 Å². The molecule has 102 valence electrons. The van der Waals surface area contributed by atoms with Gasteiger partial charge in [-0.2, -0.15) is 0 Å². The van der Waals surface area contributed by atoms with E-state index in [9.17, 15) is 9.59 Å². The first kappa shape index (κ1) is 14.0. The molecular formula is C13H10BrN3O3. The molecule has 1 aromatic heterocycles. The summed E-state index contributed by atoms with van der Waals surface area (Å²) in [4.78, 5) is 25.8. The van der Waals surface area contributed by atoms with E-state index in [-0.39, 0.29) is 5.56 Å². The van der Waals surface area contributed by atoms with Gasteiger partial charge < -0.3 is 16.2 Å². The van der Waals surface area contributed by atoms with E-state index in [4.69, 9.17) is 10.8 Å². The van der Waals surface area contributed by atoms with Crippen LogP contribution in [0.4, 0.5) is 11.5 Å². The van der Waals surface area contributed by atoms with Gasteiger partial charge >= 0.3 is 5.97 Å². The Hall–Kier alpha value is -2.41. The summed E-state index contributed by atoms with van der Waals surface area (Å²) < 4.78 is 0.596. The summed E-state index contributed by atoms with van der Waals surface area (Å²) in [6, 6.07) is 7.75. The average molecular weight is 336 g/mol. The molecule has 0 saturated carbocycles. The molecule has 2 aromatic rings. The highest BCUT2D eigenvalue weighted by Crippen LogP contribution is 2.26. The van der Waals surface area contributed by atoms with Gasteiger partial charge in [-0.3, -0.25) is 4.79 Å². The second-order valence-electron chi connectivity index (χ2n) is 3.92. The van der Waals surface area contributed by atoms with Gasteiger partial charge in [0.25, 0.3) is 0 Å². The van der Waals surface area contributed by atoms with E-state index >= 15 is 0 Å². The van der Waals surface area contributed by atoms with Crippen molar-refractivity contribution < 1.29 is 14.7 Å². The highest BCUT2D eigenvalue weighted by molar-refractivity contribution is 9.10. The smallest absolute Gasteiger partial charge is 0.335 e. The number of amides is 1. The van der Waals surface area contributed by atoms with Gasteiger partial charge in [0.05, 0.1) is 16.8 Å². The molecule has 0 bridgehead atoms. The third kappa shape index (κ3) is 3.12. The fraction of sp³-hybridized carbons (Fsp3) is 0. The van der Waals surface area contributed by atoms with Crippen molar-refractivity contribution in [2.45, 2.75) is 0 Å². The lowest BCUT2D eigenvalue weighted by Crippen LogP contribution is -2.11. The lowest BCUT2D eigenvalue weighted by molar-refractivity contribution is 0.0696. The van der Waals surface area contributed by atoms with Crippen LogP contribution >= 0.6 is 15.9 Å². The molecule has 1 heterocycles. The summed E-state index contributed by atoms with van der Waals surface area (Å²) in [5.74, 6) is -1.03. The van der Waals surface area contributed by atoms with Crippen LogP contribution in [0.15, 0.2) is 41.0 Å². The number of nitrogens with one attached hydrogen (secondary N) is 1. The Kier molecular flexibility index (Phi) is 3.99. The number of halogens is 1. The van der Waals surface area contributed by atoms with Crippen LogP contribution in [0.2, 0.25) is 0 Å². The molecule has 4 N–H and O–H groups in total. The summed E-state index contributed by atoms with van der Waals surface area (Å²) in [5, 5.41) is 11.9. The molecule has 0 aliphatic heterocycles. The predicted molar refractivity (Wildman–Crippen MR) is 77.1 cm³/mol. The average Bonchev–Trinajstić information content (AvgIpc) is 2.41. The molecule has 7 heteroatoms. The summed E-state index contributed by atoms with van der Waals surface area (Å²) in [6.45, 7) is 0. The van der Waals surface area contributed by atoms with Gasteiger partial charge in [0.1, 0.15) is 5.82 Å². The molecule has 0 saturated heterocycles. The molecule has 20 heavy (non-hydrogen) atoms. The molecule has 1 aromatic carbocycles. The van der Waals surface area contributed by atoms with E-state index in [1.807, 2.05) is 0 Å². The van der Waals surface area contributed by atoms with E-state index in [0.29, 0.717) is 21.5 Å². The third-order valence-corrected chi connectivity index (χ3v) is 3.18. The van der Waals surface area contributed by atoms with Crippen LogP contribution < -0.4 is 11.1 Å². The van der Waals surface area contributed by atoms with Crippen LogP contribution in [0.5, 0.6) is 0 Å². The summed E-state index contributed by atoms with van der Waals surface area (Å²) in [6.07, 6.45) is 1.37. The Labute approximate surface area is 122 Å². The first-order valence-electron chi connectivity index (χ1n) is 5.53. The number of hydrogen-bond donors (Lipinski definition) is 3. The number of nitrogens with two attached hydrogens (primary N) is 1. The first-order valence-corrected chi connectivity index (χ1v) is 6.32. The van der Waals surface area contributed by atoms with Gasteiger partial charge in [-0.25, -0.2) is 9.78 Å². The Bertz CT molecular complexity index is 671. The first-order chi connectivity index (χ1) is 9.47. The molecule has 6 nitrogen and oxygen atoms in total. The van der Waals surface area contributed by atoms with Crippen molar-refractivity contribution in [3.63, 3.8) is 0 Å². The SMILES string of the molecule is NC(=O)c1ccc(Nc2ccc(C(=O)O)cc2Br)nc1. The highest BCUT2D eigenvalue weighted by atomic mass is 79.9. The van der Waals surface area contributed by atoms with Crippen molar-refractivity contribution in [1.82, 2.24) is 4.98 Å². The van der Waals surface area contributed by atoms with Crippen molar-refractivity contribution in [1.29, 1.82) is 0 Å². The zero-order valence-electron chi connectivity index (χ0n) is 10.1.